The molecule has 0 unspecified atom stereocenters. The van der Waals surface area contributed by atoms with Crippen molar-refractivity contribution in [2.24, 2.45) is 11.8 Å². The van der Waals surface area contributed by atoms with Gasteiger partial charge in [-0.05, 0) is 62.4 Å². The van der Waals surface area contributed by atoms with Gasteiger partial charge in [0.1, 0.15) is 11.9 Å². The number of urea groups is 1. The van der Waals surface area contributed by atoms with Crippen LogP contribution in [0.25, 0.3) is 10.8 Å². The predicted octanol–water partition coefficient (Wildman–Crippen LogP) is 6.22. The predicted molar refractivity (Wildman–Crippen MR) is 168 cm³/mol. The summed E-state index contributed by atoms with van der Waals surface area (Å²) in [7, 11) is 2.16. The van der Waals surface area contributed by atoms with Crippen molar-refractivity contribution in [3.63, 3.8) is 0 Å². The minimum absolute atomic E-state index is 0.0641. The molecule has 1 heterocycles. The van der Waals surface area contributed by atoms with Gasteiger partial charge in [-0.3, -0.25) is 4.79 Å². The molecule has 3 N–H and O–H groups in total. The van der Waals surface area contributed by atoms with E-state index < -0.39 is 6.03 Å². The van der Waals surface area contributed by atoms with Gasteiger partial charge in [0.15, 0.2) is 0 Å². The number of hydrogen-bond acceptors (Lipinski definition) is 5. The molecule has 0 saturated heterocycles. The Hall–Kier alpha value is -3.62. The van der Waals surface area contributed by atoms with Crippen LogP contribution in [0.2, 0.25) is 0 Å². The van der Waals surface area contributed by atoms with E-state index in [1.807, 2.05) is 49.4 Å². The summed E-state index contributed by atoms with van der Waals surface area (Å²) in [5.74, 6) is 1.07. The Bertz CT molecular complexity index is 1380. The number of anilines is 2. The Morgan fingerprint density at radius 3 is 2.60 bits per heavy atom. The number of likely N-dealkylation sites (N-methyl/N-ethyl adjacent to an activating group) is 1. The number of carbonyl (C=O) groups is 2. The van der Waals surface area contributed by atoms with Gasteiger partial charge < -0.3 is 30.3 Å². The van der Waals surface area contributed by atoms with Crippen molar-refractivity contribution in [3.05, 3.63) is 66.2 Å². The van der Waals surface area contributed by atoms with Crippen molar-refractivity contribution in [2.45, 2.75) is 58.1 Å². The van der Waals surface area contributed by atoms with Crippen molar-refractivity contribution in [1.29, 1.82) is 0 Å². The Balaban J connectivity index is 1.35. The van der Waals surface area contributed by atoms with Gasteiger partial charge in [0, 0.05) is 36.6 Å². The molecule has 0 spiro atoms. The lowest BCUT2D eigenvalue weighted by molar-refractivity contribution is 0.0330. The van der Waals surface area contributed by atoms with E-state index in [1.165, 1.54) is 32.1 Å². The van der Waals surface area contributed by atoms with Gasteiger partial charge >= 0.3 is 6.03 Å². The molecule has 5 rings (SSSR count). The van der Waals surface area contributed by atoms with Crippen molar-refractivity contribution in [3.8, 4) is 5.75 Å². The van der Waals surface area contributed by atoms with E-state index in [9.17, 15) is 14.7 Å². The summed E-state index contributed by atoms with van der Waals surface area (Å²) in [6, 6.07) is 18.1. The number of aliphatic hydroxyl groups excluding tert-OH is 1. The van der Waals surface area contributed by atoms with Gasteiger partial charge in [-0.25, -0.2) is 4.79 Å². The minimum Gasteiger partial charge on any atom is -0.488 e. The molecule has 3 amide bonds. The number of benzene rings is 3. The smallest absolute Gasteiger partial charge is 0.323 e. The topological polar surface area (TPSA) is 94.1 Å². The van der Waals surface area contributed by atoms with Crippen molar-refractivity contribution in [2.75, 3.05) is 43.9 Å². The molecule has 1 fully saturated rings. The van der Waals surface area contributed by atoms with Crippen molar-refractivity contribution < 1.29 is 19.4 Å². The lowest BCUT2D eigenvalue weighted by Gasteiger charge is -2.38. The Kier molecular flexibility index (Phi) is 9.65. The lowest BCUT2D eigenvalue weighted by atomic mass is 9.89. The third-order valence-electron chi connectivity index (χ3n) is 8.75. The summed E-state index contributed by atoms with van der Waals surface area (Å²) in [5, 5.41) is 17.8. The van der Waals surface area contributed by atoms with Crippen LogP contribution in [0, 0.1) is 11.8 Å². The number of nitrogens with zero attached hydrogens (tertiary/aromatic N) is 2. The minimum atomic E-state index is -0.401. The summed E-state index contributed by atoms with van der Waals surface area (Å²) in [4.78, 5) is 30.9. The van der Waals surface area contributed by atoms with E-state index in [2.05, 4.69) is 29.5 Å². The average Bonchev–Trinajstić information content (AvgIpc) is 2.99. The van der Waals surface area contributed by atoms with Gasteiger partial charge in [-0.2, -0.15) is 0 Å². The molecule has 1 saturated carbocycles. The molecule has 8 nitrogen and oxygen atoms in total. The maximum atomic E-state index is 13.8. The molecule has 0 bridgehead atoms. The van der Waals surface area contributed by atoms with E-state index in [0.717, 1.165) is 29.8 Å². The highest BCUT2D eigenvalue weighted by Crippen LogP contribution is 2.32. The first kappa shape index (κ1) is 29.9. The molecule has 3 atom stereocenters. The molecule has 0 aromatic heterocycles. The maximum absolute atomic E-state index is 13.8. The molecule has 8 heteroatoms. The van der Waals surface area contributed by atoms with Gasteiger partial charge in [-0.1, -0.05) is 62.6 Å². The van der Waals surface area contributed by atoms with Crippen LogP contribution in [0.4, 0.5) is 16.2 Å². The molecular weight excluding hydrogens is 528 g/mol. The highest BCUT2D eigenvalue weighted by molar-refractivity contribution is 6.07. The first-order chi connectivity index (χ1) is 20.3. The van der Waals surface area contributed by atoms with Gasteiger partial charge in [0.05, 0.1) is 23.9 Å². The van der Waals surface area contributed by atoms with E-state index in [-0.39, 0.29) is 30.6 Å². The number of carbonyl (C=O) groups excluding carboxylic acids is 2. The second kappa shape index (κ2) is 13.6. The third-order valence-corrected chi connectivity index (χ3v) is 8.75. The first-order valence-corrected chi connectivity index (χ1v) is 15.3. The van der Waals surface area contributed by atoms with Crippen molar-refractivity contribution in [1.82, 2.24) is 9.80 Å². The zero-order valence-corrected chi connectivity index (χ0v) is 25.0. The van der Waals surface area contributed by atoms with Crippen LogP contribution < -0.4 is 15.4 Å². The van der Waals surface area contributed by atoms with Crippen LogP contribution >= 0.6 is 0 Å². The van der Waals surface area contributed by atoms with Gasteiger partial charge in [0.2, 0.25) is 0 Å². The number of fused-ring (bicyclic) bond motifs is 2. The van der Waals surface area contributed by atoms with Gasteiger partial charge in [-0.15, -0.1) is 0 Å². The van der Waals surface area contributed by atoms with Crippen LogP contribution in [0.3, 0.4) is 0 Å². The zero-order valence-electron chi connectivity index (χ0n) is 25.0. The number of aliphatic hydroxyl groups is 1. The average molecular weight is 573 g/mol. The SMILES string of the molecule is C[C@H]1CN([C@@H](C)CO)C(=O)c2cc(NC(=O)Nc3cccc4ccccc34)ccc2O[C@H]1CN(C)CC1CCCCC1. The second-order valence-electron chi connectivity index (χ2n) is 12.2. The summed E-state index contributed by atoms with van der Waals surface area (Å²) in [5.41, 5.74) is 1.57. The molecular formula is C34H44N4O4. The summed E-state index contributed by atoms with van der Waals surface area (Å²) < 4.78 is 6.56. The number of hydrogen-bond donors (Lipinski definition) is 3. The summed E-state index contributed by atoms with van der Waals surface area (Å²) in [6.45, 7) is 6.11. The normalized spacial score (nSPS) is 20.4. The van der Waals surface area contributed by atoms with E-state index in [1.54, 1.807) is 23.1 Å². The largest absolute Gasteiger partial charge is 0.488 e. The Morgan fingerprint density at radius 2 is 1.81 bits per heavy atom. The Labute approximate surface area is 249 Å². The van der Waals surface area contributed by atoms with Crippen molar-refractivity contribution >= 4 is 34.1 Å². The fraction of sp³-hybridized carbons (Fsp3) is 0.471. The molecule has 0 radical (unpaired) electrons. The fourth-order valence-corrected chi connectivity index (χ4v) is 6.33. The molecule has 3 aromatic carbocycles. The monoisotopic (exact) mass is 572 g/mol. The number of amides is 3. The number of rotatable bonds is 8. The van der Waals surface area contributed by atoms with Gasteiger partial charge in [0.25, 0.3) is 5.91 Å². The molecule has 224 valence electrons. The molecule has 1 aliphatic carbocycles. The lowest BCUT2D eigenvalue weighted by Crippen LogP contribution is -2.50. The number of ether oxygens (including phenoxy) is 1. The molecule has 42 heavy (non-hydrogen) atoms. The fourth-order valence-electron chi connectivity index (χ4n) is 6.33. The molecule has 3 aromatic rings. The van der Waals surface area contributed by atoms with Crippen LogP contribution in [-0.2, 0) is 0 Å². The first-order valence-electron chi connectivity index (χ1n) is 15.3. The third kappa shape index (κ3) is 7.05. The van der Waals surface area contributed by atoms with Crippen LogP contribution in [0.15, 0.2) is 60.7 Å². The van der Waals surface area contributed by atoms with E-state index in [0.29, 0.717) is 29.2 Å². The quantitative estimate of drug-likeness (QED) is 0.298. The van der Waals surface area contributed by atoms with E-state index >= 15 is 0 Å². The number of nitrogens with one attached hydrogen (secondary N) is 2. The molecule has 1 aliphatic heterocycles. The van der Waals surface area contributed by atoms with E-state index in [4.69, 9.17) is 4.74 Å². The summed E-state index contributed by atoms with van der Waals surface area (Å²) in [6.07, 6.45) is 6.41. The maximum Gasteiger partial charge on any atom is 0.323 e. The van der Waals surface area contributed by atoms with Crippen LogP contribution in [0.5, 0.6) is 5.75 Å². The standard InChI is InChI=1S/C34H44N4O4/c1-23-19-38(24(2)22-39)33(40)29-18-27(35-34(41)36-30-15-9-13-26-12-7-8-14-28(26)30)16-17-31(29)42-32(23)21-37(3)20-25-10-5-4-6-11-25/h7-9,12-18,23-25,32,39H,4-6,10-11,19-22H2,1-3H3,(H2,35,36,41)/t23-,24-,32-/m0/s1. The Morgan fingerprint density at radius 1 is 1.05 bits per heavy atom. The highest BCUT2D eigenvalue weighted by Gasteiger charge is 2.34. The van der Waals surface area contributed by atoms with Crippen LogP contribution in [0.1, 0.15) is 56.3 Å². The highest BCUT2D eigenvalue weighted by atomic mass is 16.5. The summed E-state index contributed by atoms with van der Waals surface area (Å²) >= 11 is 0. The zero-order chi connectivity index (χ0) is 29.6. The second-order valence-corrected chi connectivity index (χ2v) is 12.2. The van der Waals surface area contributed by atoms with Crippen LogP contribution in [-0.4, -0.2) is 72.3 Å². The molecule has 2 aliphatic rings.